The molecule has 0 N–H and O–H groups in total. The van der Waals surface area contributed by atoms with Gasteiger partial charge < -0.3 is 4.74 Å². The predicted molar refractivity (Wildman–Crippen MR) is 99.7 cm³/mol. The topological polar surface area (TPSA) is 46.6 Å². The van der Waals surface area contributed by atoms with Crippen LogP contribution in [0.25, 0.3) is 0 Å². The van der Waals surface area contributed by atoms with Gasteiger partial charge in [-0.25, -0.2) is 0 Å². The lowest BCUT2D eigenvalue weighted by Gasteiger charge is -2.25. The van der Waals surface area contributed by atoms with E-state index in [2.05, 4.69) is 6.92 Å². The SMILES string of the molecule is C[C@@H]1CC[C@H]2C(=O)N(c3ccc(OCc4ccccc4)cc3)C(=O)[C@H]2C1. The number of nitrogens with zero attached hydrogens (tertiary/aromatic N) is 1. The predicted octanol–water partition coefficient (Wildman–Crippen LogP) is 4.19. The Hall–Kier alpha value is -2.62. The van der Waals surface area contributed by atoms with Gasteiger partial charge in [0.1, 0.15) is 12.4 Å². The molecule has 2 aromatic carbocycles. The molecule has 2 amide bonds. The van der Waals surface area contributed by atoms with Crippen molar-refractivity contribution in [2.45, 2.75) is 32.8 Å². The first-order chi connectivity index (χ1) is 12.6. The number of ether oxygens (including phenoxy) is 1. The zero-order valence-corrected chi connectivity index (χ0v) is 14.9. The third-order valence-electron chi connectivity index (χ3n) is 5.53. The van der Waals surface area contributed by atoms with Crippen molar-refractivity contribution < 1.29 is 14.3 Å². The lowest BCUT2D eigenvalue weighted by molar-refractivity contribution is -0.122. The van der Waals surface area contributed by atoms with Gasteiger partial charge in [-0.05, 0) is 55.0 Å². The summed E-state index contributed by atoms with van der Waals surface area (Å²) < 4.78 is 5.78. The number of hydrogen-bond donors (Lipinski definition) is 0. The molecular formula is C22H23NO3. The Balaban J connectivity index is 1.46. The molecule has 3 atom stereocenters. The van der Waals surface area contributed by atoms with Gasteiger partial charge in [0.15, 0.2) is 0 Å². The fourth-order valence-corrected chi connectivity index (χ4v) is 4.08. The Morgan fingerprint density at radius 2 is 1.62 bits per heavy atom. The maximum Gasteiger partial charge on any atom is 0.237 e. The molecule has 4 nitrogen and oxygen atoms in total. The molecule has 0 radical (unpaired) electrons. The average molecular weight is 349 g/mol. The van der Waals surface area contributed by atoms with Crippen LogP contribution in [0.5, 0.6) is 5.75 Å². The molecular weight excluding hydrogens is 326 g/mol. The van der Waals surface area contributed by atoms with Crippen molar-refractivity contribution in [1.29, 1.82) is 0 Å². The van der Waals surface area contributed by atoms with E-state index < -0.39 is 0 Å². The average Bonchev–Trinajstić information content (AvgIpc) is 2.91. The first-order valence-electron chi connectivity index (χ1n) is 9.28. The zero-order chi connectivity index (χ0) is 18.1. The van der Waals surface area contributed by atoms with Crippen molar-refractivity contribution in [2.24, 2.45) is 17.8 Å². The van der Waals surface area contributed by atoms with Gasteiger partial charge in [-0.2, -0.15) is 0 Å². The second kappa shape index (κ2) is 6.94. The molecule has 0 aromatic heterocycles. The third-order valence-corrected chi connectivity index (χ3v) is 5.53. The number of carbonyl (C=O) groups is 2. The Kier molecular flexibility index (Phi) is 4.49. The highest BCUT2D eigenvalue weighted by molar-refractivity contribution is 6.22. The summed E-state index contributed by atoms with van der Waals surface area (Å²) in [5.41, 5.74) is 1.74. The minimum Gasteiger partial charge on any atom is -0.489 e. The zero-order valence-electron chi connectivity index (χ0n) is 14.9. The third kappa shape index (κ3) is 3.12. The second-order valence-electron chi connectivity index (χ2n) is 7.41. The molecule has 1 saturated heterocycles. The van der Waals surface area contributed by atoms with Crippen molar-refractivity contribution in [3.63, 3.8) is 0 Å². The highest BCUT2D eigenvalue weighted by atomic mass is 16.5. The van der Waals surface area contributed by atoms with Crippen LogP contribution in [0.4, 0.5) is 5.69 Å². The number of carbonyl (C=O) groups excluding carboxylic acids is 2. The number of amides is 2. The second-order valence-corrected chi connectivity index (χ2v) is 7.41. The molecule has 1 saturated carbocycles. The molecule has 2 aliphatic rings. The minimum absolute atomic E-state index is 0.0372. The summed E-state index contributed by atoms with van der Waals surface area (Å²) in [6, 6.07) is 17.2. The van der Waals surface area contributed by atoms with Crippen LogP contribution in [0.3, 0.4) is 0 Å². The van der Waals surface area contributed by atoms with Crippen LogP contribution in [-0.2, 0) is 16.2 Å². The van der Waals surface area contributed by atoms with E-state index in [1.807, 2.05) is 42.5 Å². The Morgan fingerprint density at radius 3 is 2.35 bits per heavy atom. The summed E-state index contributed by atoms with van der Waals surface area (Å²) in [4.78, 5) is 26.9. The molecule has 4 rings (SSSR count). The normalized spacial score (nSPS) is 25.3. The van der Waals surface area contributed by atoms with Crippen LogP contribution in [0.1, 0.15) is 31.7 Å². The van der Waals surface area contributed by atoms with Gasteiger partial charge in [0.05, 0.1) is 17.5 Å². The van der Waals surface area contributed by atoms with Gasteiger partial charge in [0.2, 0.25) is 11.8 Å². The number of benzene rings is 2. The summed E-state index contributed by atoms with van der Waals surface area (Å²) in [6.45, 7) is 2.65. The maximum atomic E-state index is 12.8. The summed E-state index contributed by atoms with van der Waals surface area (Å²) in [7, 11) is 0. The highest BCUT2D eigenvalue weighted by Crippen LogP contribution is 2.42. The number of rotatable bonds is 4. The lowest BCUT2D eigenvalue weighted by atomic mass is 9.76. The van der Waals surface area contributed by atoms with Gasteiger partial charge >= 0.3 is 0 Å². The quantitative estimate of drug-likeness (QED) is 0.778. The van der Waals surface area contributed by atoms with Crippen LogP contribution >= 0.6 is 0 Å². The van der Waals surface area contributed by atoms with Crippen molar-refractivity contribution in [3.05, 3.63) is 60.2 Å². The summed E-state index contributed by atoms with van der Waals surface area (Å²) in [5.74, 6) is 0.895. The van der Waals surface area contributed by atoms with Crippen LogP contribution in [0, 0.1) is 17.8 Å². The smallest absolute Gasteiger partial charge is 0.237 e. The van der Waals surface area contributed by atoms with Gasteiger partial charge in [0, 0.05) is 0 Å². The van der Waals surface area contributed by atoms with Crippen LogP contribution < -0.4 is 9.64 Å². The molecule has 0 unspecified atom stereocenters. The van der Waals surface area contributed by atoms with E-state index in [1.54, 1.807) is 12.1 Å². The van der Waals surface area contributed by atoms with Crippen molar-refractivity contribution >= 4 is 17.5 Å². The van der Waals surface area contributed by atoms with Gasteiger partial charge in [-0.1, -0.05) is 37.3 Å². The lowest BCUT2D eigenvalue weighted by Crippen LogP contribution is -2.30. The minimum atomic E-state index is -0.139. The van der Waals surface area contributed by atoms with E-state index in [-0.39, 0.29) is 23.7 Å². The fourth-order valence-electron chi connectivity index (χ4n) is 4.08. The Bertz CT molecular complexity index is 800. The van der Waals surface area contributed by atoms with Crippen molar-refractivity contribution in [3.8, 4) is 5.75 Å². The van der Waals surface area contributed by atoms with E-state index >= 15 is 0 Å². The molecule has 2 fully saturated rings. The van der Waals surface area contributed by atoms with Crippen LogP contribution in [0.15, 0.2) is 54.6 Å². The molecule has 1 aliphatic carbocycles. The molecule has 1 aliphatic heterocycles. The monoisotopic (exact) mass is 349 g/mol. The molecule has 0 spiro atoms. The highest BCUT2D eigenvalue weighted by Gasteiger charge is 2.49. The number of hydrogen-bond acceptors (Lipinski definition) is 3. The number of fused-ring (bicyclic) bond motifs is 1. The first kappa shape index (κ1) is 16.8. The van der Waals surface area contributed by atoms with E-state index in [9.17, 15) is 9.59 Å². The van der Waals surface area contributed by atoms with E-state index in [4.69, 9.17) is 4.74 Å². The number of anilines is 1. The number of imide groups is 1. The summed E-state index contributed by atoms with van der Waals surface area (Å²) in [5, 5.41) is 0. The molecule has 4 heteroatoms. The summed E-state index contributed by atoms with van der Waals surface area (Å²) >= 11 is 0. The standard InChI is InChI=1S/C22H23NO3/c1-15-7-12-19-20(13-15)22(25)23(21(19)24)17-8-10-18(11-9-17)26-14-16-5-3-2-4-6-16/h2-6,8-11,15,19-20H,7,12-14H2,1H3/t15-,19-,20+/m1/s1. The van der Waals surface area contributed by atoms with E-state index in [0.717, 1.165) is 30.6 Å². The largest absolute Gasteiger partial charge is 0.489 e. The molecule has 134 valence electrons. The van der Waals surface area contributed by atoms with E-state index in [1.165, 1.54) is 4.90 Å². The Labute approximate surface area is 153 Å². The van der Waals surface area contributed by atoms with Crippen molar-refractivity contribution in [2.75, 3.05) is 4.90 Å². The molecule has 2 aromatic rings. The van der Waals surface area contributed by atoms with E-state index in [0.29, 0.717) is 18.2 Å². The first-order valence-corrected chi connectivity index (χ1v) is 9.28. The fraction of sp³-hybridized carbons (Fsp3) is 0.364. The maximum absolute atomic E-state index is 12.8. The van der Waals surface area contributed by atoms with Crippen LogP contribution in [-0.4, -0.2) is 11.8 Å². The molecule has 0 bridgehead atoms. The molecule has 26 heavy (non-hydrogen) atoms. The van der Waals surface area contributed by atoms with Gasteiger partial charge in [-0.3, -0.25) is 14.5 Å². The van der Waals surface area contributed by atoms with Gasteiger partial charge in [0.25, 0.3) is 0 Å². The molecule has 1 heterocycles. The van der Waals surface area contributed by atoms with Crippen LogP contribution in [0.2, 0.25) is 0 Å². The Morgan fingerprint density at radius 1 is 0.923 bits per heavy atom. The van der Waals surface area contributed by atoms with Crippen molar-refractivity contribution in [1.82, 2.24) is 0 Å². The summed E-state index contributed by atoms with van der Waals surface area (Å²) in [6.07, 6.45) is 2.68. The van der Waals surface area contributed by atoms with Gasteiger partial charge in [-0.15, -0.1) is 0 Å².